The molecule has 96 valence electrons. The average molecular weight is 325 g/mol. The minimum Gasteiger partial charge on any atom is -0.396 e. The molecule has 3 heteroatoms. The van der Waals surface area contributed by atoms with Crippen molar-refractivity contribution in [1.82, 2.24) is 0 Å². The summed E-state index contributed by atoms with van der Waals surface area (Å²) in [6, 6.07) is 12.6. The summed E-state index contributed by atoms with van der Waals surface area (Å²) in [5.41, 5.74) is 1.19. The Balaban J connectivity index is 2.14. The largest absolute Gasteiger partial charge is 0.396 e. The summed E-state index contributed by atoms with van der Waals surface area (Å²) < 4.78 is 1.07. The van der Waals surface area contributed by atoms with E-state index in [0.29, 0.717) is 0 Å². The molecule has 0 saturated carbocycles. The fourth-order valence-corrected chi connectivity index (χ4v) is 3.47. The van der Waals surface area contributed by atoms with Gasteiger partial charge >= 0.3 is 0 Å². The molecule has 1 aromatic carbocycles. The van der Waals surface area contributed by atoms with Gasteiger partial charge in [-0.1, -0.05) is 35.0 Å². The highest BCUT2D eigenvalue weighted by atomic mass is 79.9. The van der Waals surface area contributed by atoms with Crippen LogP contribution in [0.15, 0.2) is 40.9 Å². The third-order valence-corrected chi connectivity index (χ3v) is 4.80. The van der Waals surface area contributed by atoms with Crippen LogP contribution in [0.25, 0.3) is 0 Å². The zero-order valence-electron chi connectivity index (χ0n) is 10.4. The van der Waals surface area contributed by atoms with Crippen LogP contribution < -0.4 is 0 Å². The first-order valence-electron chi connectivity index (χ1n) is 6.16. The minimum atomic E-state index is 0.186. The maximum atomic E-state index is 9.58. The lowest BCUT2D eigenvalue weighted by molar-refractivity contribution is 0.265. The van der Waals surface area contributed by atoms with Gasteiger partial charge in [-0.2, -0.15) is 0 Å². The number of benzene rings is 1. The smallest absolute Gasteiger partial charge is 0.0503 e. The van der Waals surface area contributed by atoms with Crippen LogP contribution in [0.4, 0.5) is 0 Å². The Morgan fingerprint density at radius 1 is 1.22 bits per heavy atom. The predicted molar refractivity (Wildman–Crippen MR) is 81.4 cm³/mol. The maximum absolute atomic E-state index is 9.58. The molecule has 0 spiro atoms. The molecule has 1 nitrogen and oxygen atoms in total. The Labute approximate surface area is 121 Å². The summed E-state index contributed by atoms with van der Waals surface area (Å²) in [5.74, 6) is 0.186. The molecule has 18 heavy (non-hydrogen) atoms. The standard InChI is InChI=1S/C15H17BrOS/c1-2-14-6-7-15(18-14)9-12(10-17)11-4-3-5-13(16)8-11/h3-8,12,17H,2,9-10H2,1H3. The van der Waals surface area contributed by atoms with Crippen molar-refractivity contribution in [1.29, 1.82) is 0 Å². The van der Waals surface area contributed by atoms with Crippen LogP contribution in [-0.4, -0.2) is 11.7 Å². The maximum Gasteiger partial charge on any atom is 0.0503 e. The van der Waals surface area contributed by atoms with Crippen molar-refractivity contribution in [3.05, 3.63) is 56.2 Å². The van der Waals surface area contributed by atoms with Crippen molar-refractivity contribution >= 4 is 27.3 Å². The summed E-state index contributed by atoms with van der Waals surface area (Å²) in [6.45, 7) is 2.36. The first-order chi connectivity index (χ1) is 8.72. The van der Waals surface area contributed by atoms with E-state index in [1.165, 1.54) is 15.3 Å². The Kier molecular flexibility index (Phi) is 4.98. The lowest BCUT2D eigenvalue weighted by Crippen LogP contribution is -2.06. The molecule has 1 unspecified atom stereocenters. The molecule has 2 aromatic rings. The van der Waals surface area contributed by atoms with Gasteiger partial charge in [0.25, 0.3) is 0 Å². The molecule has 1 N–H and O–H groups in total. The molecule has 0 saturated heterocycles. The number of rotatable bonds is 5. The van der Waals surface area contributed by atoms with Crippen molar-refractivity contribution in [2.45, 2.75) is 25.7 Å². The van der Waals surface area contributed by atoms with Crippen LogP contribution in [0.2, 0.25) is 0 Å². The van der Waals surface area contributed by atoms with Gasteiger partial charge in [-0.25, -0.2) is 0 Å². The molecular formula is C15H17BrOS. The second-order valence-corrected chi connectivity index (χ2v) is 6.53. The Morgan fingerprint density at radius 2 is 2.00 bits per heavy atom. The number of thiophene rings is 1. The number of halogens is 1. The molecule has 1 aromatic heterocycles. The topological polar surface area (TPSA) is 20.2 Å². The summed E-state index contributed by atoms with van der Waals surface area (Å²) in [7, 11) is 0. The third-order valence-electron chi connectivity index (χ3n) is 3.05. The average Bonchev–Trinajstić information content (AvgIpc) is 2.83. The molecule has 0 bridgehead atoms. The van der Waals surface area contributed by atoms with E-state index in [0.717, 1.165) is 17.3 Å². The summed E-state index contributed by atoms with van der Waals surface area (Å²) in [6.07, 6.45) is 2.00. The Bertz CT molecular complexity index is 507. The van der Waals surface area contributed by atoms with Gasteiger partial charge in [0.15, 0.2) is 0 Å². The minimum absolute atomic E-state index is 0.186. The van der Waals surface area contributed by atoms with Crippen LogP contribution in [-0.2, 0) is 12.8 Å². The lowest BCUT2D eigenvalue weighted by atomic mass is 9.96. The summed E-state index contributed by atoms with van der Waals surface area (Å²) >= 11 is 5.33. The van der Waals surface area contributed by atoms with Crippen LogP contribution in [0.1, 0.15) is 28.2 Å². The molecule has 2 rings (SSSR count). The number of aliphatic hydroxyl groups is 1. The highest BCUT2D eigenvalue weighted by Gasteiger charge is 2.13. The summed E-state index contributed by atoms with van der Waals surface area (Å²) in [5, 5.41) is 9.58. The third kappa shape index (κ3) is 3.44. The van der Waals surface area contributed by atoms with E-state index < -0.39 is 0 Å². The van der Waals surface area contributed by atoms with Crippen LogP contribution >= 0.6 is 27.3 Å². The molecule has 0 fully saturated rings. The monoisotopic (exact) mass is 324 g/mol. The first-order valence-corrected chi connectivity index (χ1v) is 7.77. The van der Waals surface area contributed by atoms with Gasteiger partial charge in [-0.05, 0) is 42.7 Å². The van der Waals surface area contributed by atoms with Crippen molar-refractivity contribution in [2.24, 2.45) is 0 Å². The van der Waals surface area contributed by atoms with E-state index >= 15 is 0 Å². The van der Waals surface area contributed by atoms with Gasteiger partial charge in [0.05, 0.1) is 6.61 Å². The highest BCUT2D eigenvalue weighted by molar-refractivity contribution is 9.10. The van der Waals surface area contributed by atoms with Gasteiger partial charge < -0.3 is 5.11 Å². The van der Waals surface area contributed by atoms with Gasteiger partial charge in [0.1, 0.15) is 0 Å². The van der Waals surface area contributed by atoms with Gasteiger partial charge in [-0.15, -0.1) is 11.3 Å². The van der Waals surface area contributed by atoms with E-state index in [1.54, 1.807) is 0 Å². The fraction of sp³-hybridized carbons (Fsp3) is 0.333. The van der Waals surface area contributed by atoms with E-state index in [9.17, 15) is 5.11 Å². The van der Waals surface area contributed by atoms with Crippen LogP contribution in [0.3, 0.4) is 0 Å². The molecular weight excluding hydrogens is 308 g/mol. The van der Waals surface area contributed by atoms with E-state index in [1.807, 2.05) is 23.5 Å². The van der Waals surface area contributed by atoms with Crippen LogP contribution in [0.5, 0.6) is 0 Å². The van der Waals surface area contributed by atoms with Gasteiger partial charge in [0.2, 0.25) is 0 Å². The second-order valence-electron chi connectivity index (χ2n) is 4.36. The lowest BCUT2D eigenvalue weighted by Gasteiger charge is -2.13. The van der Waals surface area contributed by atoms with E-state index in [-0.39, 0.29) is 12.5 Å². The van der Waals surface area contributed by atoms with Crippen LogP contribution in [0, 0.1) is 0 Å². The normalized spacial score (nSPS) is 12.6. The molecule has 0 radical (unpaired) electrons. The SMILES string of the molecule is CCc1ccc(CC(CO)c2cccc(Br)c2)s1. The molecule has 0 amide bonds. The van der Waals surface area contributed by atoms with E-state index in [4.69, 9.17) is 0 Å². The molecule has 1 atom stereocenters. The number of hydrogen-bond acceptors (Lipinski definition) is 2. The Morgan fingerprint density at radius 3 is 2.61 bits per heavy atom. The summed E-state index contributed by atoms with van der Waals surface area (Å²) in [4.78, 5) is 2.77. The van der Waals surface area contributed by atoms with Gasteiger partial charge in [-0.3, -0.25) is 0 Å². The second kappa shape index (κ2) is 6.50. The fourth-order valence-electron chi connectivity index (χ4n) is 2.01. The number of aliphatic hydroxyl groups excluding tert-OH is 1. The predicted octanol–water partition coefficient (Wildman–Crippen LogP) is 4.39. The zero-order valence-corrected chi connectivity index (χ0v) is 12.8. The van der Waals surface area contributed by atoms with E-state index in [2.05, 4.69) is 47.1 Å². The number of aryl methyl sites for hydroxylation is 1. The van der Waals surface area contributed by atoms with Crippen molar-refractivity contribution < 1.29 is 5.11 Å². The molecule has 1 heterocycles. The quantitative estimate of drug-likeness (QED) is 0.864. The molecule has 0 aliphatic rings. The van der Waals surface area contributed by atoms with Crippen molar-refractivity contribution in [3.8, 4) is 0 Å². The van der Waals surface area contributed by atoms with Gasteiger partial charge in [0, 0.05) is 20.1 Å². The first kappa shape index (κ1) is 13.8. The highest BCUT2D eigenvalue weighted by Crippen LogP contribution is 2.27. The van der Waals surface area contributed by atoms with Crippen molar-refractivity contribution in [2.75, 3.05) is 6.61 Å². The van der Waals surface area contributed by atoms with Crippen molar-refractivity contribution in [3.63, 3.8) is 0 Å². The molecule has 0 aliphatic carbocycles. The zero-order chi connectivity index (χ0) is 13.0. The Hall–Kier alpha value is -0.640. The number of hydrogen-bond donors (Lipinski definition) is 1. The molecule has 0 aliphatic heterocycles.